The van der Waals surface area contributed by atoms with Crippen LogP contribution in [0.5, 0.6) is 0 Å². The maximum atomic E-state index is 13.6. The lowest BCUT2D eigenvalue weighted by atomic mass is 9.89. The van der Waals surface area contributed by atoms with Gasteiger partial charge in [0.15, 0.2) is 0 Å². The van der Waals surface area contributed by atoms with E-state index in [-0.39, 0.29) is 18.3 Å². The third-order valence-corrected chi connectivity index (χ3v) is 6.33. The first-order chi connectivity index (χ1) is 14.9. The summed E-state index contributed by atoms with van der Waals surface area (Å²) < 4.78 is 15.7. The predicted octanol–water partition coefficient (Wildman–Crippen LogP) is 4.30. The van der Waals surface area contributed by atoms with Crippen molar-refractivity contribution >= 4 is 39.9 Å². The van der Waals surface area contributed by atoms with E-state index in [4.69, 9.17) is 11.6 Å². The highest BCUT2D eigenvalue weighted by Crippen LogP contribution is 2.34. The summed E-state index contributed by atoms with van der Waals surface area (Å²) in [5, 5.41) is 10.8. The van der Waals surface area contributed by atoms with Gasteiger partial charge in [0.25, 0.3) is 0 Å². The Morgan fingerprint density at radius 3 is 3.00 bits per heavy atom. The molecule has 158 valence electrons. The number of aromatic nitrogens is 3. The maximum Gasteiger partial charge on any atom is 0.307 e. The third-order valence-electron chi connectivity index (χ3n) is 6.10. The molecular weight excluding hydrogens is 419 g/mol. The van der Waals surface area contributed by atoms with Gasteiger partial charge >= 0.3 is 5.97 Å². The number of aliphatic carboxylic acids is 1. The number of carboxylic acids is 1. The molecule has 0 aliphatic heterocycles. The van der Waals surface area contributed by atoms with Crippen molar-refractivity contribution in [3.8, 4) is 0 Å². The average molecular weight is 439 g/mol. The van der Waals surface area contributed by atoms with Crippen molar-refractivity contribution in [2.45, 2.75) is 31.7 Å². The van der Waals surface area contributed by atoms with Gasteiger partial charge in [-0.1, -0.05) is 11.6 Å². The molecule has 3 aromatic heterocycles. The van der Waals surface area contributed by atoms with E-state index in [0.29, 0.717) is 22.9 Å². The van der Waals surface area contributed by atoms with Crippen LogP contribution in [-0.2, 0) is 24.1 Å². The van der Waals surface area contributed by atoms with Crippen molar-refractivity contribution in [3.63, 3.8) is 0 Å². The van der Waals surface area contributed by atoms with E-state index in [1.165, 1.54) is 12.1 Å². The average Bonchev–Trinajstić information content (AvgIpc) is 3.04. The number of fused-ring (bicyclic) bond motifs is 4. The zero-order chi connectivity index (χ0) is 21.7. The molecule has 1 aliphatic carbocycles. The number of halogens is 2. The number of hydrogen-bond donors (Lipinski definition) is 1. The number of pyridine rings is 1. The molecule has 0 spiro atoms. The molecule has 31 heavy (non-hydrogen) atoms. The van der Waals surface area contributed by atoms with Gasteiger partial charge in [-0.2, -0.15) is 0 Å². The van der Waals surface area contributed by atoms with Crippen LogP contribution in [0.25, 0.3) is 16.4 Å². The lowest BCUT2D eigenvalue weighted by Gasteiger charge is -2.32. The Bertz CT molecular complexity index is 1340. The molecule has 1 atom stereocenters. The largest absolute Gasteiger partial charge is 0.481 e. The van der Waals surface area contributed by atoms with Crippen LogP contribution in [-0.4, -0.2) is 38.5 Å². The van der Waals surface area contributed by atoms with Gasteiger partial charge in [0.1, 0.15) is 5.82 Å². The summed E-state index contributed by atoms with van der Waals surface area (Å²) in [5.74, 6) is -0.637. The zero-order valence-electron chi connectivity index (χ0n) is 16.8. The summed E-state index contributed by atoms with van der Waals surface area (Å²) in [6.45, 7) is 0. The standard InChI is InChI=1S/C23H20ClFN4O2/c1-28(23-26-11-13-2-4-15(25)8-19(13)27-23)16-5-6-17-18(10-22(30)31)20-7-3-14(24)12-29(20)21(17)9-16/h2-4,7-8,11-12,16H,5-6,9-10H2,1H3,(H,30,31). The molecule has 0 saturated carbocycles. The van der Waals surface area contributed by atoms with Crippen molar-refractivity contribution in [2.24, 2.45) is 0 Å². The van der Waals surface area contributed by atoms with E-state index in [1.807, 2.05) is 28.6 Å². The van der Waals surface area contributed by atoms with E-state index < -0.39 is 5.97 Å². The number of carbonyl (C=O) groups is 1. The summed E-state index contributed by atoms with van der Waals surface area (Å²) in [6, 6.07) is 8.27. The second-order valence-corrected chi connectivity index (χ2v) is 8.39. The molecule has 1 aromatic carbocycles. The van der Waals surface area contributed by atoms with Crippen molar-refractivity contribution in [2.75, 3.05) is 11.9 Å². The molecule has 8 heteroatoms. The first-order valence-corrected chi connectivity index (χ1v) is 10.5. The highest BCUT2D eigenvalue weighted by molar-refractivity contribution is 6.30. The minimum atomic E-state index is -0.846. The van der Waals surface area contributed by atoms with E-state index in [2.05, 4.69) is 9.97 Å². The van der Waals surface area contributed by atoms with E-state index in [1.54, 1.807) is 18.3 Å². The van der Waals surface area contributed by atoms with Gasteiger partial charge in [0, 0.05) is 54.6 Å². The highest BCUT2D eigenvalue weighted by Gasteiger charge is 2.29. The maximum absolute atomic E-state index is 13.6. The number of nitrogens with zero attached hydrogens (tertiary/aromatic N) is 4. The van der Waals surface area contributed by atoms with Gasteiger partial charge in [-0.3, -0.25) is 4.79 Å². The first kappa shape index (κ1) is 19.8. The van der Waals surface area contributed by atoms with Crippen molar-refractivity contribution in [1.82, 2.24) is 14.4 Å². The lowest BCUT2D eigenvalue weighted by molar-refractivity contribution is -0.136. The van der Waals surface area contributed by atoms with Crippen LogP contribution in [0.3, 0.4) is 0 Å². The van der Waals surface area contributed by atoms with Crippen LogP contribution >= 0.6 is 11.6 Å². The molecule has 3 heterocycles. The molecule has 0 amide bonds. The normalized spacial score (nSPS) is 15.9. The Morgan fingerprint density at radius 1 is 1.35 bits per heavy atom. The van der Waals surface area contributed by atoms with Gasteiger partial charge in [0.2, 0.25) is 5.95 Å². The first-order valence-electron chi connectivity index (χ1n) is 10.1. The van der Waals surface area contributed by atoms with E-state index in [9.17, 15) is 14.3 Å². The van der Waals surface area contributed by atoms with Crippen molar-refractivity contribution in [1.29, 1.82) is 0 Å². The fourth-order valence-electron chi connectivity index (χ4n) is 4.57. The monoisotopic (exact) mass is 438 g/mol. The summed E-state index contributed by atoms with van der Waals surface area (Å²) in [5.41, 5.74) is 4.48. The highest BCUT2D eigenvalue weighted by atomic mass is 35.5. The number of anilines is 1. The minimum absolute atomic E-state index is 0.0136. The molecule has 1 unspecified atom stereocenters. The zero-order valence-corrected chi connectivity index (χ0v) is 17.6. The fourth-order valence-corrected chi connectivity index (χ4v) is 4.73. The summed E-state index contributed by atoms with van der Waals surface area (Å²) >= 11 is 6.24. The molecule has 0 radical (unpaired) electrons. The molecule has 6 nitrogen and oxygen atoms in total. The van der Waals surface area contributed by atoms with Crippen LogP contribution in [0.1, 0.15) is 23.2 Å². The summed E-state index contributed by atoms with van der Waals surface area (Å²) in [4.78, 5) is 22.5. The van der Waals surface area contributed by atoms with E-state index in [0.717, 1.165) is 40.6 Å². The molecule has 5 rings (SSSR count). The molecule has 0 fully saturated rings. The van der Waals surface area contributed by atoms with Gasteiger partial charge in [-0.25, -0.2) is 14.4 Å². The lowest BCUT2D eigenvalue weighted by Crippen LogP contribution is -2.38. The van der Waals surface area contributed by atoms with Crippen LogP contribution in [0.4, 0.5) is 10.3 Å². The molecular formula is C23H20ClFN4O2. The third kappa shape index (κ3) is 3.49. The second-order valence-electron chi connectivity index (χ2n) is 7.96. The molecule has 0 bridgehead atoms. The Kier molecular flexibility index (Phi) is 4.78. The SMILES string of the molecule is CN(c1ncc2ccc(F)cc2n1)C1CCc2c(CC(=O)O)c3ccc(Cl)cn3c2C1. The quantitative estimate of drug-likeness (QED) is 0.514. The Hall–Kier alpha value is -3.19. The molecule has 0 saturated heterocycles. The van der Waals surface area contributed by atoms with Crippen LogP contribution in [0.15, 0.2) is 42.7 Å². The minimum Gasteiger partial charge on any atom is -0.481 e. The smallest absolute Gasteiger partial charge is 0.307 e. The number of likely N-dealkylation sites (N-methyl/N-ethyl adjacent to an activating group) is 1. The van der Waals surface area contributed by atoms with Gasteiger partial charge in [-0.15, -0.1) is 0 Å². The fraction of sp³-hybridized carbons (Fsp3) is 0.261. The number of benzene rings is 1. The molecule has 1 N–H and O–H groups in total. The molecule has 4 aromatic rings. The Labute approximate surface area is 182 Å². The van der Waals surface area contributed by atoms with Gasteiger partial charge in [0.05, 0.1) is 17.0 Å². The second kappa shape index (κ2) is 7.50. The van der Waals surface area contributed by atoms with Crippen molar-refractivity contribution < 1.29 is 14.3 Å². The number of carboxylic acid groups (broad SMARTS) is 1. The topological polar surface area (TPSA) is 70.7 Å². The Balaban J connectivity index is 1.52. The van der Waals surface area contributed by atoms with Gasteiger partial charge < -0.3 is 14.4 Å². The summed E-state index contributed by atoms with van der Waals surface area (Å²) in [6.07, 6.45) is 5.84. The van der Waals surface area contributed by atoms with E-state index >= 15 is 0 Å². The van der Waals surface area contributed by atoms with Crippen LogP contribution < -0.4 is 4.90 Å². The van der Waals surface area contributed by atoms with Crippen LogP contribution in [0, 0.1) is 5.82 Å². The predicted molar refractivity (Wildman–Crippen MR) is 117 cm³/mol. The van der Waals surface area contributed by atoms with Crippen molar-refractivity contribution in [3.05, 3.63) is 70.4 Å². The van der Waals surface area contributed by atoms with Gasteiger partial charge in [-0.05, 0) is 48.2 Å². The Morgan fingerprint density at radius 2 is 2.19 bits per heavy atom. The van der Waals surface area contributed by atoms with Crippen LogP contribution in [0.2, 0.25) is 5.02 Å². The number of rotatable bonds is 4. The summed E-state index contributed by atoms with van der Waals surface area (Å²) in [7, 11) is 1.94. The molecule has 1 aliphatic rings. The number of hydrogen-bond acceptors (Lipinski definition) is 4.